The van der Waals surface area contributed by atoms with Crippen molar-refractivity contribution in [2.45, 2.75) is 6.42 Å². The number of carbonyl (C=O) groups is 1. The van der Waals surface area contributed by atoms with Crippen LogP contribution in [0.2, 0.25) is 0 Å². The lowest BCUT2D eigenvalue weighted by molar-refractivity contribution is 0.0598. The van der Waals surface area contributed by atoms with Crippen molar-refractivity contribution in [3.63, 3.8) is 0 Å². The predicted molar refractivity (Wildman–Crippen MR) is 100 cm³/mol. The van der Waals surface area contributed by atoms with Crippen LogP contribution in [0.5, 0.6) is 5.75 Å². The zero-order valence-electron chi connectivity index (χ0n) is 15.1. The van der Waals surface area contributed by atoms with Gasteiger partial charge in [0, 0.05) is 17.1 Å². The number of halogens is 1. The molecule has 0 saturated heterocycles. The van der Waals surface area contributed by atoms with Gasteiger partial charge in [0.2, 0.25) is 0 Å². The molecule has 0 unspecified atom stereocenters. The molecule has 2 N–H and O–H groups in total. The van der Waals surface area contributed by atoms with E-state index in [2.05, 4.69) is 19.6 Å². The number of hydrogen-bond donors (Lipinski definition) is 2. The van der Waals surface area contributed by atoms with Gasteiger partial charge in [0.15, 0.2) is 11.6 Å². The maximum absolute atomic E-state index is 13.1. The fourth-order valence-corrected chi connectivity index (χ4v) is 3.06. The van der Waals surface area contributed by atoms with E-state index in [1.54, 1.807) is 24.4 Å². The summed E-state index contributed by atoms with van der Waals surface area (Å²) in [5.41, 5.74) is 1.96. The molecule has 0 bridgehead atoms. The normalized spacial score (nSPS) is 11.0. The fourth-order valence-electron chi connectivity index (χ4n) is 3.06. The summed E-state index contributed by atoms with van der Waals surface area (Å²) in [6, 6.07) is 9.14. The second-order valence-electron chi connectivity index (χ2n) is 6.30. The zero-order valence-corrected chi connectivity index (χ0v) is 15.1. The van der Waals surface area contributed by atoms with Crippen LogP contribution in [0, 0.1) is 5.82 Å². The minimum atomic E-state index is -0.770. The fraction of sp³-hybridized carbons (Fsp3) is 0.100. The van der Waals surface area contributed by atoms with Crippen molar-refractivity contribution in [3.8, 4) is 17.1 Å². The number of phenols is 1. The number of nitrogens with one attached hydrogen (secondary N) is 1. The molecule has 0 fully saturated rings. The Morgan fingerprint density at radius 2 is 2.00 bits per heavy atom. The number of aromatic amines is 1. The molecule has 2 heterocycles. The van der Waals surface area contributed by atoms with Crippen LogP contribution in [0.1, 0.15) is 21.5 Å². The lowest BCUT2D eigenvalue weighted by Crippen LogP contribution is -2.04. The highest BCUT2D eigenvalue weighted by Crippen LogP contribution is 2.35. The molecule has 29 heavy (non-hydrogen) atoms. The number of rotatable bonds is 4. The number of H-pyrrole nitrogens is 1. The first-order valence-corrected chi connectivity index (χ1v) is 8.50. The highest BCUT2D eigenvalue weighted by molar-refractivity contribution is 6.05. The molecule has 0 aliphatic carbocycles. The molecule has 0 aliphatic rings. The quantitative estimate of drug-likeness (QED) is 0.510. The summed E-state index contributed by atoms with van der Waals surface area (Å²) in [7, 11) is 1.18. The van der Waals surface area contributed by atoms with Gasteiger partial charge < -0.3 is 9.84 Å². The van der Waals surface area contributed by atoms with Gasteiger partial charge in [-0.15, -0.1) is 0 Å². The molecule has 2 aromatic carbocycles. The number of benzene rings is 2. The van der Waals surface area contributed by atoms with Gasteiger partial charge >= 0.3 is 11.7 Å². The van der Waals surface area contributed by atoms with Crippen molar-refractivity contribution in [2.24, 2.45) is 0 Å². The minimum Gasteiger partial charge on any atom is -0.505 e. The third kappa shape index (κ3) is 3.45. The second kappa shape index (κ2) is 7.19. The molecule has 4 rings (SSSR count). The van der Waals surface area contributed by atoms with E-state index in [0.29, 0.717) is 17.4 Å². The summed E-state index contributed by atoms with van der Waals surface area (Å²) in [5, 5.41) is 14.6. The summed E-state index contributed by atoms with van der Waals surface area (Å²) < 4.78 is 22.4. The van der Waals surface area contributed by atoms with E-state index in [9.17, 15) is 19.1 Å². The van der Waals surface area contributed by atoms with Crippen molar-refractivity contribution in [2.75, 3.05) is 7.11 Å². The molecule has 2 aromatic heterocycles. The molecule has 4 aromatic rings. The van der Waals surface area contributed by atoms with Gasteiger partial charge in [-0.2, -0.15) is 0 Å². The minimum absolute atomic E-state index is 0.0749. The van der Waals surface area contributed by atoms with E-state index < -0.39 is 11.7 Å². The number of methoxy groups -OCH3 is 1. The van der Waals surface area contributed by atoms with Gasteiger partial charge in [-0.3, -0.25) is 14.5 Å². The summed E-state index contributed by atoms with van der Waals surface area (Å²) in [4.78, 5) is 30.2. The number of pyridine rings is 1. The van der Waals surface area contributed by atoms with Gasteiger partial charge in [-0.05, 0) is 41.8 Å². The van der Waals surface area contributed by atoms with Crippen LogP contribution in [0.4, 0.5) is 4.39 Å². The molecule has 0 aliphatic heterocycles. The molecule has 0 spiro atoms. The highest BCUT2D eigenvalue weighted by Gasteiger charge is 2.21. The van der Waals surface area contributed by atoms with Crippen LogP contribution < -0.4 is 5.76 Å². The van der Waals surface area contributed by atoms with Crippen LogP contribution in [0.25, 0.3) is 22.3 Å². The summed E-state index contributed by atoms with van der Waals surface area (Å²) in [6.45, 7) is 0. The average Bonchev–Trinajstić information content (AvgIpc) is 3.15. The Morgan fingerprint density at radius 3 is 2.66 bits per heavy atom. The molecule has 0 atom stereocenters. The Labute approximate surface area is 162 Å². The first-order chi connectivity index (χ1) is 14.0. The zero-order chi connectivity index (χ0) is 20.5. The van der Waals surface area contributed by atoms with Gasteiger partial charge in [-0.25, -0.2) is 14.0 Å². The van der Waals surface area contributed by atoms with Gasteiger partial charge in [0.05, 0.1) is 7.11 Å². The number of fused-ring (bicyclic) bond motifs is 1. The molecular weight excluding hydrogens is 381 g/mol. The van der Waals surface area contributed by atoms with Crippen molar-refractivity contribution < 1.29 is 23.6 Å². The van der Waals surface area contributed by atoms with Gasteiger partial charge in [-0.1, -0.05) is 17.3 Å². The molecular formula is C20H14FN3O5. The third-order valence-electron chi connectivity index (χ3n) is 4.42. The van der Waals surface area contributed by atoms with E-state index >= 15 is 0 Å². The number of nitrogens with zero attached hydrogens (tertiary/aromatic N) is 2. The molecule has 9 heteroatoms. The predicted octanol–water partition coefficient (Wildman–Crippen LogP) is 2.80. The van der Waals surface area contributed by atoms with Crippen molar-refractivity contribution in [1.29, 1.82) is 0 Å². The molecule has 8 nitrogen and oxygen atoms in total. The summed E-state index contributed by atoms with van der Waals surface area (Å²) >= 11 is 0. The largest absolute Gasteiger partial charge is 0.505 e. The van der Waals surface area contributed by atoms with Crippen LogP contribution in [0.3, 0.4) is 0 Å². The monoisotopic (exact) mass is 395 g/mol. The maximum atomic E-state index is 13.1. The number of phenolic OH excluding ortho intramolecular Hbond substituents is 1. The maximum Gasteiger partial charge on any atom is 0.439 e. The summed E-state index contributed by atoms with van der Waals surface area (Å²) in [6.07, 6.45) is 2.00. The van der Waals surface area contributed by atoms with Crippen molar-refractivity contribution in [3.05, 3.63) is 75.7 Å². The smallest absolute Gasteiger partial charge is 0.439 e. The standard InChI is InChI=1S/C20H14FN3O5/c1-28-19(26)15-8-14(18-23-20(27)29-24-18)13-7-11(9-22-16(13)17(15)25)6-10-2-4-12(21)5-3-10/h2-5,7-9,25H,6H2,1H3,(H,23,24,27). The van der Waals surface area contributed by atoms with Crippen LogP contribution in [0.15, 0.2) is 51.9 Å². The lowest BCUT2D eigenvalue weighted by atomic mass is 9.99. The number of esters is 1. The van der Waals surface area contributed by atoms with E-state index in [-0.39, 0.29) is 28.5 Å². The highest BCUT2D eigenvalue weighted by atomic mass is 19.1. The van der Waals surface area contributed by atoms with Crippen LogP contribution >= 0.6 is 0 Å². The Morgan fingerprint density at radius 1 is 1.24 bits per heavy atom. The van der Waals surface area contributed by atoms with E-state index in [0.717, 1.165) is 11.1 Å². The Hall–Kier alpha value is -4.01. The first-order valence-electron chi connectivity index (χ1n) is 8.50. The number of hydrogen-bond acceptors (Lipinski definition) is 7. The number of carbonyl (C=O) groups excluding carboxylic acids is 1. The van der Waals surface area contributed by atoms with Crippen LogP contribution in [-0.4, -0.2) is 33.3 Å². The average molecular weight is 395 g/mol. The Bertz CT molecular complexity index is 1280. The SMILES string of the molecule is COC(=O)c1cc(-c2noc(=O)[nH]2)c2cc(Cc3ccc(F)cc3)cnc2c1O. The third-order valence-corrected chi connectivity index (χ3v) is 4.42. The van der Waals surface area contributed by atoms with Crippen molar-refractivity contribution in [1.82, 2.24) is 15.1 Å². The number of ether oxygens (including phenoxy) is 1. The Kier molecular flexibility index (Phi) is 4.55. The summed E-state index contributed by atoms with van der Waals surface area (Å²) in [5.74, 6) is -2.14. The Balaban J connectivity index is 1.90. The second-order valence-corrected chi connectivity index (χ2v) is 6.30. The molecule has 0 amide bonds. The topological polar surface area (TPSA) is 118 Å². The van der Waals surface area contributed by atoms with Crippen molar-refractivity contribution >= 4 is 16.9 Å². The molecule has 0 saturated carbocycles. The van der Waals surface area contributed by atoms with E-state index in [1.165, 1.54) is 25.3 Å². The van der Waals surface area contributed by atoms with E-state index in [4.69, 9.17) is 4.74 Å². The number of aromatic nitrogens is 3. The van der Waals surface area contributed by atoms with Gasteiger partial charge in [0.25, 0.3) is 0 Å². The molecule has 146 valence electrons. The van der Waals surface area contributed by atoms with E-state index in [1.807, 2.05) is 0 Å². The molecule has 0 radical (unpaired) electrons. The lowest BCUT2D eigenvalue weighted by Gasteiger charge is -2.11. The number of aromatic hydroxyl groups is 1. The van der Waals surface area contributed by atoms with Crippen LogP contribution in [-0.2, 0) is 11.2 Å². The first kappa shape index (κ1) is 18.4. The van der Waals surface area contributed by atoms with Gasteiger partial charge in [0.1, 0.15) is 16.9 Å².